The lowest BCUT2D eigenvalue weighted by atomic mass is 10.1. The SMILES string of the molecule is Cc1cc2c(nc1Cl)N1CCNCC1C(=O)N2C. The van der Waals surface area contributed by atoms with Crippen molar-refractivity contribution in [3.05, 3.63) is 16.8 Å². The van der Waals surface area contributed by atoms with Crippen LogP contribution in [-0.2, 0) is 4.79 Å². The van der Waals surface area contributed by atoms with Crippen molar-refractivity contribution in [1.29, 1.82) is 0 Å². The molecule has 0 spiro atoms. The zero-order valence-electron chi connectivity index (χ0n) is 10.4. The number of anilines is 2. The van der Waals surface area contributed by atoms with Crippen LogP contribution in [0, 0.1) is 6.92 Å². The number of nitrogens with zero attached hydrogens (tertiary/aromatic N) is 3. The number of aromatic nitrogens is 1. The molecule has 0 aromatic carbocycles. The number of hydrogen-bond donors (Lipinski definition) is 1. The number of fused-ring (bicyclic) bond motifs is 3. The predicted octanol–water partition coefficient (Wildman–Crippen LogP) is 0.798. The lowest BCUT2D eigenvalue weighted by Crippen LogP contribution is -2.61. The molecule has 1 N–H and O–H groups in total. The molecule has 18 heavy (non-hydrogen) atoms. The van der Waals surface area contributed by atoms with Gasteiger partial charge in [-0.3, -0.25) is 4.79 Å². The standard InChI is InChI=1S/C12H15ClN4O/c1-7-5-8-11(15-10(7)13)17-4-3-14-6-9(17)12(18)16(8)2/h5,9,14H,3-4,6H2,1-2H3. The van der Waals surface area contributed by atoms with Crippen LogP contribution in [0.2, 0.25) is 5.15 Å². The van der Waals surface area contributed by atoms with Crippen LogP contribution in [0.1, 0.15) is 5.56 Å². The van der Waals surface area contributed by atoms with E-state index in [2.05, 4.69) is 15.2 Å². The maximum atomic E-state index is 12.3. The van der Waals surface area contributed by atoms with Crippen LogP contribution >= 0.6 is 11.6 Å². The van der Waals surface area contributed by atoms with E-state index in [-0.39, 0.29) is 11.9 Å². The Hall–Kier alpha value is -1.33. The van der Waals surface area contributed by atoms with Crippen LogP contribution in [0.3, 0.4) is 0 Å². The molecule has 1 aromatic rings. The summed E-state index contributed by atoms with van der Waals surface area (Å²) in [4.78, 5) is 20.5. The van der Waals surface area contributed by atoms with Crippen LogP contribution in [-0.4, -0.2) is 43.6 Å². The number of likely N-dealkylation sites (N-methyl/N-ethyl adjacent to an activating group) is 1. The largest absolute Gasteiger partial charge is 0.340 e. The number of aryl methyl sites for hydroxylation is 1. The molecule has 5 nitrogen and oxygen atoms in total. The van der Waals surface area contributed by atoms with E-state index in [0.717, 1.165) is 30.2 Å². The van der Waals surface area contributed by atoms with E-state index in [0.29, 0.717) is 11.7 Å². The Morgan fingerprint density at radius 3 is 3.11 bits per heavy atom. The van der Waals surface area contributed by atoms with Gasteiger partial charge in [0.2, 0.25) is 0 Å². The second-order valence-corrected chi connectivity index (χ2v) is 5.11. The second kappa shape index (κ2) is 4.10. The first-order valence-electron chi connectivity index (χ1n) is 6.01. The van der Waals surface area contributed by atoms with E-state index in [1.807, 2.05) is 13.0 Å². The van der Waals surface area contributed by atoms with Crippen molar-refractivity contribution in [1.82, 2.24) is 10.3 Å². The number of halogens is 1. The highest BCUT2D eigenvalue weighted by Gasteiger charge is 2.39. The maximum absolute atomic E-state index is 12.3. The van der Waals surface area contributed by atoms with E-state index < -0.39 is 0 Å². The minimum absolute atomic E-state index is 0.109. The molecule has 0 bridgehead atoms. The van der Waals surface area contributed by atoms with Gasteiger partial charge in [0.1, 0.15) is 11.2 Å². The van der Waals surface area contributed by atoms with E-state index in [9.17, 15) is 4.79 Å². The molecule has 1 fully saturated rings. The summed E-state index contributed by atoms with van der Waals surface area (Å²) in [5, 5.41) is 3.75. The van der Waals surface area contributed by atoms with Gasteiger partial charge in [0.15, 0.2) is 5.82 Å². The Balaban J connectivity index is 2.15. The first-order chi connectivity index (χ1) is 8.59. The molecule has 0 saturated carbocycles. The van der Waals surface area contributed by atoms with Gasteiger partial charge >= 0.3 is 0 Å². The van der Waals surface area contributed by atoms with Gasteiger partial charge in [0.25, 0.3) is 5.91 Å². The third kappa shape index (κ3) is 1.58. The van der Waals surface area contributed by atoms with Crippen LogP contribution in [0.15, 0.2) is 6.07 Å². The summed E-state index contributed by atoms with van der Waals surface area (Å²) in [5.41, 5.74) is 1.74. The lowest BCUT2D eigenvalue weighted by Gasteiger charge is -2.43. The van der Waals surface area contributed by atoms with Gasteiger partial charge in [0, 0.05) is 26.7 Å². The Kier molecular flexibility index (Phi) is 2.68. The summed E-state index contributed by atoms with van der Waals surface area (Å²) in [5.74, 6) is 0.928. The topological polar surface area (TPSA) is 48.5 Å². The van der Waals surface area contributed by atoms with Gasteiger partial charge in [-0.15, -0.1) is 0 Å². The van der Waals surface area contributed by atoms with E-state index in [1.54, 1.807) is 11.9 Å². The Morgan fingerprint density at radius 2 is 2.33 bits per heavy atom. The summed E-state index contributed by atoms with van der Waals surface area (Å²) in [7, 11) is 1.79. The predicted molar refractivity (Wildman–Crippen MR) is 71.4 cm³/mol. The summed E-state index contributed by atoms with van der Waals surface area (Å²) in [6.07, 6.45) is 0. The monoisotopic (exact) mass is 266 g/mol. The third-order valence-electron chi connectivity index (χ3n) is 3.60. The normalized spacial score (nSPS) is 22.8. The quantitative estimate of drug-likeness (QED) is 0.706. The Bertz CT molecular complexity index is 519. The van der Waals surface area contributed by atoms with Crippen molar-refractivity contribution in [2.45, 2.75) is 13.0 Å². The molecular formula is C12H15ClN4O. The average molecular weight is 267 g/mol. The zero-order chi connectivity index (χ0) is 12.9. The highest BCUT2D eigenvalue weighted by atomic mass is 35.5. The molecule has 0 radical (unpaired) electrons. The highest BCUT2D eigenvalue weighted by Crippen LogP contribution is 2.36. The molecule has 0 aliphatic carbocycles. The number of rotatable bonds is 0. The maximum Gasteiger partial charge on any atom is 0.250 e. The summed E-state index contributed by atoms with van der Waals surface area (Å²) in [6.45, 7) is 4.21. The third-order valence-corrected chi connectivity index (χ3v) is 3.99. The van der Waals surface area contributed by atoms with E-state index >= 15 is 0 Å². The summed E-state index contributed by atoms with van der Waals surface area (Å²) in [6, 6.07) is 1.77. The molecule has 2 aliphatic rings. The zero-order valence-corrected chi connectivity index (χ0v) is 11.2. The van der Waals surface area contributed by atoms with E-state index in [4.69, 9.17) is 11.6 Å². The molecule has 3 rings (SSSR count). The minimum Gasteiger partial charge on any atom is -0.340 e. The Labute approximate surface area is 111 Å². The molecule has 1 saturated heterocycles. The first-order valence-corrected chi connectivity index (χ1v) is 6.39. The van der Waals surface area contributed by atoms with Crippen LogP contribution in [0.25, 0.3) is 0 Å². The van der Waals surface area contributed by atoms with Crippen LogP contribution < -0.4 is 15.1 Å². The number of piperazine rings is 1. The molecule has 3 heterocycles. The molecule has 1 amide bonds. The van der Waals surface area contributed by atoms with Crippen LogP contribution in [0.4, 0.5) is 11.5 Å². The van der Waals surface area contributed by atoms with Crippen LogP contribution in [0.5, 0.6) is 0 Å². The van der Waals surface area contributed by atoms with Crippen molar-refractivity contribution in [3.8, 4) is 0 Å². The molecule has 96 valence electrons. The number of amides is 1. The fourth-order valence-electron chi connectivity index (χ4n) is 2.55. The Morgan fingerprint density at radius 1 is 1.56 bits per heavy atom. The van der Waals surface area contributed by atoms with Crippen molar-refractivity contribution < 1.29 is 4.79 Å². The van der Waals surface area contributed by atoms with Gasteiger partial charge in [-0.25, -0.2) is 4.98 Å². The van der Waals surface area contributed by atoms with Crippen molar-refractivity contribution in [3.63, 3.8) is 0 Å². The fourth-order valence-corrected chi connectivity index (χ4v) is 2.68. The number of carbonyl (C=O) groups is 1. The lowest BCUT2D eigenvalue weighted by molar-refractivity contribution is -0.120. The van der Waals surface area contributed by atoms with Gasteiger partial charge in [-0.2, -0.15) is 0 Å². The molecule has 2 aliphatic heterocycles. The number of pyridine rings is 1. The van der Waals surface area contributed by atoms with Gasteiger partial charge in [0.05, 0.1) is 5.69 Å². The first kappa shape index (κ1) is 11.7. The molecule has 1 aromatic heterocycles. The highest BCUT2D eigenvalue weighted by molar-refractivity contribution is 6.30. The number of carbonyl (C=O) groups excluding carboxylic acids is 1. The summed E-state index contributed by atoms with van der Waals surface area (Å²) < 4.78 is 0. The molecule has 1 atom stereocenters. The minimum atomic E-state index is -0.164. The molecule has 6 heteroatoms. The summed E-state index contributed by atoms with van der Waals surface area (Å²) >= 11 is 6.10. The van der Waals surface area contributed by atoms with Gasteiger partial charge in [-0.1, -0.05) is 11.6 Å². The number of nitrogens with one attached hydrogen (secondary N) is 1. The second-order valence-electron chi connectivity index (χ2n) is 4.75. The fraction of sp³-hybridized carbons (Fsp3) is 0.500. The van der Waals surface area contributed by atoms with Gasteiger partial charge in [-0.05, 0) is 18.6 Å². The smallest absolute Gasteiger partial charge is 0.250 e. The number of hydrogen-bond acceptors (Lipinski definition) is 4. The van der Waals surface area contributed by atoms with E-state index in [1.165, 1.54) is 0 Å². The van der Waals surface area contributed by atoms with Crippen molar-refractivity contribution in [2.75, 3.05) is 36.5 Å². The van der Waals surface area contributed by atoms with Crippen molar-refractivity contribution >= 4 is 29.0 Å². The van der Waals surface area contributed by atoms with Crippen molar-refractivity contribution in [2.24, 2.45) is 0 Å². The van der Waals surface area contributed by atoms with Gasteiger partial charge < -0.3 is 15.1 Å². The average Bonchev–Trinajstić information content (AvgIpc) is 2.38. The molecular weight excluding hydrogens is 252 g/mol. The molecule has 1 unspecified atom stereocenters.